The van der Waals surface area contributed by atoms with E-state index in [9.17, 15) is 4.79 Å². The van der Waals surface area contributed by atoms with Crippen LogP contribution in [0.1, 0.15) is 18.3 Å². The molecular formula is C9H8O3. The number of rotatable bonds is 4. The van der Waals surface area contributed by atoms with E-state index in [0.29, 0.717) is 18.7 Å². The minimum absolute atomic E-state index is 0.326. The monoisotopic (exact) mass is 164 g/mol. The van der Waals surface area contributed by atoms with Gasteiger partial charge in [-0.2, -0.15) is 0 Å². The quantitative estimate of drug-likeness (QED) is 0.500. The van der Waals surface area contributed by atoms with Crippen LogP contribution in [0.2, 0.25) is 0 Å². The van der Waals surface area contributed by atoms with Crippen molar-refractivity contribution in [2.75, 3.05) is 0 Å². The fraction of sp³-hybridized carbons (Fsp3) is 0.222. The Bertz CT molecular complexity index is 268. The lowest BCUT2D eigenvalue weighted by Crippen LogP contribution is -2.00. The summed E-state index contributed by atoms with van der Waals surface area (Å²) in [5, 5.41) is 0. The van der Waals surface area contributed by atoms with Crippen molar-refractivity contribution in [3.05, 3.63) is 24.2 Å². The number of hydrogen-bond acceptors (Lipinski definition) is 3. The average molecular weight is 164 g/mol. The molecule has 12 heavy (non-hydrogen) atoms. The largest absolute Gasteiger partial charge is 0.465 e. The van der Waals surface area contributed by atoms with Gasteiger partial charge in [-0.1, -0.05) is 0 Å². The number of carbonyl (C=O) groups is 1. The van der Waals surface area contributed by atoms with E-state index in [1.165, 1.54) is 6.26 Å². The molecule has 1 unspecified atom stereocenters. The van der Waals surface area contributed by atoms with Crippen molar-refractivity contribution in [2.45, 2.75) is 12.5 Å². The Balaban J connectivity index is 2.67. The summed E-state index contributed by atoms with van der Waals surface area (Å²) in [6.07, 6.45) is 6.45. The van der Waals surface area contributed by atoms with E-state index < -0.39 is 6.10 Å². The van der Waals surface area contributed by atoms with E-state index >= 15 is 0 Å². The van der Waals surface area contributed by atoms with Crippen molar-refractivity contribution >= 4 is 6.47 Å². The molecule has 0 spiro atoms. The van der Waals surface area contributed by atoms with Crippen LogP contribution >= 0.6 is 0 Å². The molecule has 0 bridgehead atoms. The van der Waals surface area contributed by atoms with E-state index in [4.69, 9.17) is 15.6 Å². The van der Waals surface area contributed by atoms with Gasteiger partial charge in [-0.3, -0.25) is 4.79 Å². The molecule has 0 fully saturated rings. The average Bonchev–Trinajstić information content (AvgIpc) is 2.56. The Morgan fingerprint density at radius 1 is 1.83 bits per heavy atom. The predicted octanol–water partition coefficient (Wildman–Crippen LogP) is 1.52. The third-order valence-electron chi connectivity index (χ3n) is 1.38. The van der Waals surface area contributed by atoms with Gasteiger partial charge >= 0.3 is 0 Å². The first-order chi connectivity index (χ1) is 5.88. The molecular weight excluding hydrogens is 156 g/mol. The summed E-state index contributed by atoms with van der Waals surface area (Å²) in [7, 11) is 0. The Kier molecular flexibility index (Phi) is 2.97. The Labute approximate surface area is 70.3 Å². The van der Waals surface area contributed by atoms with Crippen LogP contribution in [0.15, 0.2) is 22.8 Å². The van der Waals surface area contributed by atoms with Crippen molar-refractivity contribution in [1.82, 2.24) is 0 Å². The highest BCUT2D eigenvalue weighted by atomic mass is 16.5. The van der Waals surface area contributed by atoms with Crippen LogP contribution in [0.5, 0.6) is 0 Å². The Morgan fingerprint density at radius 3 is 3.17 bits per heavy atom. The topological polar surface area (TPSA) is 39.4 Å². The van der Waals surface area contributed by atoms with Gasteiger partial charge in [0.15, 0.2) is 6.10 Å². The van der Waals surface area contributed by atoms with Crippen LogP contribution in [0.4, 0.5) is 0 Å². The van der Waals surface area contributed by atoms with Gasteiger partial charge in [0.2, 0.25) is 0 Å². The molecule has 0 saturated carbocycles. The molecule has 1 rings (SSSR count). The molecule has 3 heteroatoms. The summed E-state index contributed by atoms with van der Waals surface area (Å²) in [5.41, 5.74) is 0. The van der Waals surface area contributed by atoms with Crippen LogP contribution in [0, 0.1) is 12.3 Å². The molecule has 0 aliphatic carbocycles. The molecule has 0 amide bonds. The number of furan rings is 1. The second-order valence-electron chi connectivity index (χ2n) is 2.14. The maximum atomic E-state index is 10.1. The van der Waals surface area contributed by atoms with Gasteiger partial charge in [-0.15, -0.1) is 12.3 Å². The maximum absolute atomic E-state index is 10.1. The van der Waals surface area contributed by atoms with Crippen LogP contribution in [0.25, 0.3) is 0 Å². The number of carbonyl (C=O) groups excluding carboxylic acids is 1. The van der Waals surface area contributed by atoms with Crippen LogP contribution in [-0.4, -0.2) is 6.47 Å². The lowest BCUT2D eigenvalue weighted by Gasteiger charge is -2.07. The zero-order chi connectivity index (χ0) is 8.81. The molecule has 1 aromatic rings. The Hall–Kier alpha value is -1.69. The summed E-state index contributed by atoms with van der Waals surface area (Å²) < 4.78 is 9.73. The number of terminal acetylenes is 1. The van der Waals surface area contributed by atoms with E-state index in [1.807, 2.05) is 0 Å². The second-order valence-corrected chi connectivity index (χ2v) is 2.14. The molecule has 0 saturated heterocycles. The lowest BCUT2D eigenvalue weighted by atomic mass is 10.2. The molecule has 62 valence electrons. The first kappa shape index (κ1) is 8.41. The predicted molar refractivity (Wildman–Crippen MR) is 42.0 cm³/mol. The highest BCUT2D eigenvalue weighted by molar-refractivity contribution is 5.38. The van der Waals surface area contributed by atoms with Gasteiger partial charge in [-0.25, -0.2) is 0 Å². The fourth-order valence-corrected chi connectivity index (χ4v) is 0.864. The Morgan fingerprint density at radius 2 is 2.67 bits per heavy atom. The zero-order valence-corrected chi connectivity index (χ0v) is 6.40. The third kappa shape index (κ3) is 1.89. The van der Waals surface area contributed by atoms with Crippen LogP contribution in [0.3, 0.4) is 0 Å². The minimum atomic E-state index is -0.456. The standard InChI is InChI=1S/C9H8O3/c1-2-4-8(12-7-10)9-5-3-6-11-9/h1,3,5-8H,4H2. The van der Waals surface area contributed by atoms with Crippen LogP contribution in [-0.2, 0) is 9.53 Å². The minimum Gasteiger partial charge on any atom is -0.465 e. The van der Waals surface area contributed by atoms with Gasteiger partial charge in [-0.05, 0) is 12.1 Å². The summed E-state index contributed by atoms with van der Waals surface area (Å²) in [6, 6.07) is 3.43. The van der Waals surface area contributed by atoms with Gasteiger partial charge in [0.25, 0.3) is 6.47 Å². The SMILES string of the molecule is C#CCC(OC=O)c1ccco1. The maximum Gasteiger partial charge on any atom is 0.293 e. The van der Waals surface area contributed by atoms with Crippen molar-refractivity contribution in [1.29, 1.82) is 0 Å². The lowest BCUT2D eigenvalue weighted by molar-refractivity contribution is -0.134. The summed E-state index contributed by atoms with van der Waals surface area (Å²) in [6.45, 7) is 0.366. The van der Waals surface area contributed by atoms with E-state index in [1.54, 1.807) is 12.1 Å². The van der Waals surface area contributed by atoms with Gasteiger partial charge in [0, 0.05) is 0 Å². The normalized spacial score (nSPS) is 11.6. The van der Waals surface area contributed by atoms with Gasteiger partial charge < -0.3 is 9.15 Å². The summed E-state index contributed by atoms with van der Waals surface area (Å²) >= 11 is 0. The molecule has 0 N–H and O–H groups in total. The highest BCUT2D eigenvalue weighted by Gasteiger charge is 2.12. The first-order valence-corrected chi connectivity index (χ1v) is 3.44. The molecule has 1 atom stereocenters. The van der Waals surface area contributed by atoms with E-state index in [-0.39, 0.29) is 0 Å². The molecule has 0 radical (unpaired) electrons. The van der Waals surface area contributed by atoms with E-state index in [0.717, 1.165) is 0 Å². The van der Waals surface area contributed by atoms with Crippen molar-refractivity contribution in [3.8, 4) is 12.3 Å². The molecule has 1 heterocycles. The van der Waals surface area contributed by atoms with Gasteiger partial charge in [0.1, 0.15) is 5.76 Å². The molecule has 3 nitrogen and oxygen atoms in total. The van der Waals surface area contributed by atoms with Gasteiger partial charge in [0.05, 0.1) is 12.7 Å². The molecule has 0 aromatic carbocycles. The second kappa shape index (κ2) is 4.24. The summed E-state index contributed by atoms with van der Waals surface area (Å²) in [5.74, 6) is 2.97. The van der Waals surface area contributed by atoms with Crippen molar-refractivity contribution in [2.24, 2.45) is 0 Å². The fourth-order valence-electron chi connectivity index (χ4n) is 0.864. The molecule has 0 aliphatic rings. The third-order valence-corrected chi connectivity index (χ3v) is 1.38. The summed E-state index contributed by atoms with van der Waals surface area (Å²) in [4.78, 5) is 10.1. The van der Waals surface area contributed by atoms with Crippen molar-refractivity contribution < 1.29 is 13.9 Å². The number of hydrogen-bond donors (Lipinski definition) is 0. The van der Waals surface area contributed by atoms with E-state index in [2.05, 4.69) is 5.92 Å². The smallest absolute Gasteiger partial charge is 0.293 e. The molecule has 1 aromatic heterocycles. The van der Waals surface area contributed by atoms with Crippen molar-refractivity contribution in [3.63, 3.8) is 0 Å². The first-order valence-electron chi connectivity index (χ1n) is 3.44. The van der Waals surface area contributed by atoms with Crippen LogP contribution < -0.4 is 0 Å². The highest BCUT2D eigenvalue weighted by Crippen LogP contribution is 2.19. The number of ether oxygens (including phenoxy) is 1. The molecule has 0 aliphatic heterocycles. The zero-order valence-electron chi connectivity index (χ0n) is 6.40.